The van der Waals surface area contributed by atoms with Gasteiger partial charge in [-0.3, -0.25) is 4.40 Å². The summed E-state index contributed by atoms with van der Waals surface area (Å²) in [6, 6.07) is 7.15. The molecule has 0 aliphatic heterocycles. The molecule has 1 aromatic carbocycles. The third-order valence-electron chi connectivity index (χ3n) is 3.92. The lowest BCUT2D eigenvalue weighted by Gasteiger charge is -2.08. The summed E-state index contributed by atoms with van der Waals surface area (Å²) in [6.45, 7) is 1.22. The Morgan fingerprint density at radius 2 is 2.08 bits per heavy atom. The maximum atomic E-state index is 13.8. The average Bonchev–Trinajstić information content (AvgIpc) is 2.93. The number of sulfone groups is 1. The minimum absolute atomic E-state index is 0.137. The largest absolute Gasteiger partial charge is 0.390 e. The van der Waals surface area contributed by atoms with Crippen molar-refractivity contribution in [2.75, 3.05) is 6.26 Å². The van der Waals surface area contributed by atoms with Crippen LogP contribution >= 0.6 is 0 Å². The zero-order valence-corrected chi connectivity index (χ0v) is 14.3. The van der Waals surface area contributed by atoms with Gasteiger partial charge in [-0.15, -0.1) is 0 Å². The number of aliphatic hydroxyl groups is 1. The Bertz CT molecular complexity index is 1140. The van der Waals surface area contributed by atoms with Crippen LogP contribution in [0.3, 0.4) is 0 Å². The van der Waals surface area contributed by atoms with Crippen molar-refractivity contribution < 1.29 is 17.9 Å². The van der Waals surface area contributed by atoms with Crippen LogP contribution in [0, 0.1) is 24.1 Å². The summed E-state index contributed by atoms with van der Waals surface area (Å²) >= 11 is 0. The molecule has 0 atom stereocenters. The Balaban J connectivity index is 2.38. The quantitative estimate of drug-likeness (QED) is 0.774. The SMILES string of the molecule is Cc1c(S(C)(=O)=O)ccn2c(-c3cc(F)cc(C#N)c3)nc(CO)c12. The van der Waals surface area contributed by atoms with E-state index in [1.54, 1.807) is 11.3 Å². The van der Waals surface area contributed by atoms with Gasteiger partial charge in [0.2, 0.25) is 0 Å². The second-order valence-corrected chi connectivity index (χ2v) is 7.66. The second-order valence-electron chi connectivity index (χ2n) is 5.68. The van der Waals surface area contributed by atoms with Crippen molar-refractivity contribution in [3.05, 3.63) is 53.1 Å². The molecule has 0 bridgehead atoms. The number of nitriles is 1. The first-order valence-corrected chi connectivity index (χ1v) is 9.18. The maximum Gasteiger partial charge on any atom is 0.175 e. The normalized spacial score (nSPS) is 11.6. The van der Waals surface area contributed by atoms with Crippen molar-refractivity contribution in [1.29, 1.82) is 5.26 Å². The third kappa shape index (κ3) is 2.88. The number of imidazole rings is 1. The van der Waals surface area contributed by atoms with Crippen LogP contribution in [0.15, 0.2) is 35.4 Å². The number of aryl methyl sites for hydroxylation is 1. The van der Waals surface area contributed by atoms with E-state index < -0.39 is 22.3 Å². The number of nitrogens with zero attached hydrogens (tertiary/aromatic N) is 3. The topological polar surface area (TPSA) is 95.5 Å². The van der Waals surface area contributed by atoms with Gasteiger partial charge in [-0.2, -0.15) is 5.26 Å². The number of benzene rings is 1. The van der Waals surface area contributed by atoms with Crippen LogP contribution in [0.4, 0.5) is 4.39 Å². The first kappa shape index (κ1) is 17.1. The standard InChI is InChI=1S/C17H14FN3O3S/c1-10-15(25(2,23)24)3-4-21-16(10)14(9-22)20-17(21)12-5-11(8-19)6-13(18)7-12/h3-7,22H,9H2,1-2H3. The Hall–Kier alpha value is -2.76. The fourth-order valence-corrected chi connectivity index (χ4v) is 3.87. The van der Waals surface area contributed by atoms with Gasteiger partial charge in [0.05, 0.1) is 34.3 Å². The minimum atomic E-state index is -3.45. The van der Waals surface area contributed by atoms with Crippen molar-refractivity contribution in [3.8, 4) is 17.5 Å². The Kier molecular flexibility index (Phi) is 4.06. The summed E-state index contributed by atoms with van der Waals surface area (Å²) < 4.78 is 39.2. The van der Waals surface area contributed by atoms with E-state index in [1.165, 1.54) is 24.4 Å². The van der Waals surface area contributed by atoms with Crippen molar-refractivity contribution in [2.24, 2.45) is 0 Å². The van der Waals surface area contributed by atoms with E-state index in [0.717, 1.165) is 12.3 Å². The van der Waals surface area contributed by atoms with E-state index in [4.69, 9.17) is 5.26 Å². The second kappa shape index (κ2) is 5.95. The molecule has 2 aromatic heterocycles. The van der Waals surface area contributed by atoms with Gasteiger partial charge in [0.25, 0.3) is 0 Å². The van der Waals surface area contributed by atoms with Gasteiger partial charge in [0.15, 0.2) is 9.84 Å². The van der Waals surface area contributed by atoms with Gasteiger partial charge in [-0.25, -0.2) is 17.8 Å². The molecule has 1 N–H and O–H groups in total. The Morgan fingerprint density at radius 3 is 2.68 bits per heavy atom. The number of rotatable bonds is 3. The molecule has 3 aromatic rings. The molecule has 0 radical (unpaired) electrons. The highest BCUT2D eigenvalue weighted by Gasteiger charge is 2.20. The summed E-state index contributed by atoms with van der Waals surface area (Å²) in [5, 5.41) is 18.6. The van der Waals surface area contributed by atoms with Crippen LogP contribution in [-0.2, 0) is 16.4 Å². The van der Waals surface area contributed by atoms with Gasteiger partial charge in [0.1, 0.15) is 11.6 Å². The van der Waals surface area contributed by atoms with Crippen LogP contribution in [-0.4, -0.2) is 29.2 Å². The van der Waals surface area contributed by atoms with Crippen LogP contribution in [0.5, 0.6) is 0 Å². The van der Waals surface area contributed by atoms with E-state index in [9.17, 15) is 17.9 Å². The number of pyridine rings is 1. The van der Waals surface area contributed by atoms with Crippen molar-refractivity contribution in [3.63, 3.8) is 0 Å². The molecule has 0 aliphatic rings. The molecule has 6 nitrogen and oxygen atoms in total. The highest BCUT2D eigenvalue weighted by atomic mass is 32.2. The molecule has 0 unspecified atom stereocenters. The zero-order chi connectivity index (χ0) is 18.4. The van der Waals surface area contributed by atoms with Gasteiger partial charge in [0, 0.05) is 18.0 Å². The molecule has 0 aliphatic carbocycles. The fraction of sp³-hybridized carbons (Fsp3) is 0.176. The molecular formula is C17H14FN3O3S. The molecule has 0 fully saturated rings. The molecule has 25 heavy (non-hydrogen) atoms. The predicted octanol–water partition coefficient (Wildman–Crippen LogP) is 2.22. The monoisotopic (exact) mass is 359 g/mol. The zero-order valence-electron chi connectivity index (χ0n) is 13.5. The van der Waals surface area contributed by atoms with E-state index in [-0.39, 0.29) is 16.2 Å². The van der Waals surface area contributed by atoms with Crippen LogP contribution in [0.2, 0.25) is 0 Å². The van der Waals surface area contributed by atoms with E-state index in [0.29, 0.717) is 22.5 Å². The Morgan fingerprint density at radius 1 is 1.36 bits per heavy atom. The Labute approximate surface area is 143 Å². The molecule has 0 spiro atoms. The minimum Gasteiger partial charge on any atom is -0.390 e. The summed E-state index contributed by atoms with van der Waals surface area (Å²) in [7, 11) is -3.45. The molecule has 3 rings (SSSR count). The first-order chi connectivity index (χ1) is 11.8. The van der Waals surface area contributed by atoms with Crippen molar-refractivity contribution in [1.82, 2.24) is 9.38 Å². The lowest BCUT2D eigenvalue weighted by molar-refractivity contribution is 0.279. The van der Waals surface area contributed by atoms with Gasteiger partial charge in [-0.1, -0.05) is 0 Å². The third-order valence-corrected chi connectivity index (χ3v) is 5.16. The smallest absolute Gasteiger partial charge is 0.175 e. The summed E-state index contributed by atoms with van der Waals surface area (Å²) in [6.07, 6.45) is 2.62. The van der Waals surface area contributed by atoms with E-state index >= 15 is 0 Å². The predicted molar refractivity (Wildman–Crippen MR) is 89.1 cm³/mol. The van der Waals surface area contributed by atoms with Crippen LogP contribution in [0.1, 0.15) is 16.8 Å². The fourth-order valence-electron chi connectivity index (χ4n) is 2.90. The highest BCUT2D eigenvalue weighted by molar-refractivity contribution is 7.90. The van der Waals surface area contributed by atoms with Gasteiger partial charge >= 0.3 is 0 Å². The number of aliphatic hydroxyl groups excluding tert-OH is 1. The number of aromatic nitrogens is 2. The number of halogens is 1. The van der Waals surface area contributed by atoms with E-state index in [1.807, 2.05) is 6.07 Å². The average molecular weight is 359 g/mol. The number of fused-ring (bicyclic) bond motifs is 1. The van der Waals surface area contributed by atoms with Gasteiger partial charge in [-0.05, 0) is 36.8 Å². The molecular weight excluding hydrogens is 345 g/mol. The summed E-state index contributed by atoms with van der Waals surface area (Å²) in [4.78, 5) is 4.46. The van der Waals surface area contributed by atoms with Crippen LogP contribution in [0.25, 0.3) is 16.9 Å². The maximum absolute atomic E-state index is 13.8. The van der Waals surface area contributed by atoms with Crippen molar-refractivity contribution >= 4 is 15.4 Å². The molecule has 2 heterocycles. The number of hydrogen-bond donors (Lipinski definition) is 1. The highest BCUT2D eigenvalue weighted by Crippen LogP contribution is 2.29. The molecule has 0 saturated heterocycles. The molecule has 8 heteroatoms. The van der Waals surface area contributed by atoms with Crippen LogP contribution < -0.4 is 0 Å². The van der Waals surface area contributed by atoms with Crippen molar-refractivity contribution in [2.45, 2.75) is 18.4 Å². The van der Waals surface area contributed by atoms with Gasteiger partial charge < -0.3 is 5.11 Å². The molecule has 128 valence electrons. The lowest BCUT2D eigenvalue weighted by Crippen LogP contribution is -2.03. The molecule has 0 amide bonds. The first-order valence-electron chi connectivity index (χ1n) is 7.28. The molecule has 0 saturated carbocycles. The lowest BCUT2D eigenvalue weighted by atomic mass is 10.1. The number of hydrogen-bond acceptors (Lipinski definition) is 5. The van der Waals surface area contributed by atoms with E-state index in [2.05, 4.69) is 4.98 Å². The summed E-state index contributed by atoms with van der Waals surface area (Å²) in [5.41, 5.74) is 1.67. The summed E-state index contributed by atoms with van der Waals surface area (Å²) in [5.74, 6) is -0.265.